The normalized spacial score (nSPS) is 18.2. The molecule has 0 radical (unpaired) electrons. The largest absolute Gasteiger partial charge is 0.292 e. The number of fused-ring (bicyclic) bond motifs is 7. The molecule has 0 amide bonds. The summed E-state index contributed by atoms with van der Waals surface area (Å²) in [7, 11) is 0. The molecule has 0 spiro atoms. The smallest absolute Gasteiger partial charge is 0.160 e. The van der Waals surface area contributed by atoms with Gasteiger partial charge in [-0.1, -0.05) is 170 Å². The molecule has 7 aromatic carbocycles. The summed E-state index contributed by atoms with van der Waals surface area (Å²) < 4.78 is 0. The van der Waals surface area contributed by atoms with Gasteiger partial charge in [-0.2, -0.15) is 0 Å². The number of dihydropyridines is 1. The van der Waals surface area contributed by atoms with Crippen molar-refractivity contribution in [2.75, 3.05) is 6.54 Å². The van der Waals surface area contributed by atoms with Crippen molar-refractivity contribution in [3.63, 3.8) is 0 Å². The molecule has 4 heteroatoms. The van der Waals surface area contributed by atoms with Gasteiger partial charge in [0.25, 0.3) is 0 Å². The van der Waals surface area contributed by atoms with Crippen LogP contribution in [0.15, 0.2) is 217 Å². The van der Waals surface area contributed by atoms with Crippen LogP contribution in [0.3, 0.4) is 0 Å². The fourth-order valence-corrected chi connectivity index (χ4v) is 11.4. The molecule has 3 heterocycles. The molecule has 66 heavy (non-hydrogen) atoms. The Bertz CT molecular complexity index is 3690. The summed E-state index contributed by atoms with van der Waals surface area (Å²) in [4.78, 5) is 20.2. The van der Waals surface area contributed by atoms with Gasteiger partial charge < -0.3 is 0 Å². The highest BCUT2D eigenvalue weighted by Crippen LogP contribution is 2.55. The summed E-state index contributed by atoms with van der Waals surface area (Å²) in [6.45, 7) is 0.754. The molecule has 3 unspecified atom stereocenters. The van der Waals surface area contributed by atoms with Crippen molar-refractivity contribution in [3.05, 3.63) is 234 Å². The van der Waals surface area contributed by atoms with E-state index in [1.54, 1.807) is 0 Å². The topological polar surface area (TPSA) is 51.0 Å². The lowest BCUT2D eigenvalue weighted by Crippen LogP contribution is -2.17. The number of rotatable bonds is 6. The second-order valence-corrected chi connectivity index (χ2v) is 18.0. The highest BCUT2D eigenvalue weighted by molar-refractivity contribution is 6.19. The SMILES string of the molecule is C1=CC(c2ccc(-c3nc(-c4ccc(-c5cccnc5)cc4)c4cc(-c5ccc6c7c(cccc57)-c5ccccc5-6)cc(C5C=CC6=C7C(=CC=CC75)c5ccccc56)c4n3)cc2)CN=C1. The van der Waals surface area contributed by atoms with E-state index in [1.165, 1.54) is 77.6 Å². The number of hydrogen-bond donors (Lipinski definition) is 0. The number of aliphatic imine (C=N–C) groups is 1. The van der Waals surface area contributed by atoms with Crippen LogP contribution in [-0.4, -0.2) is 27.7 Å². The van der Waals surface area contributed by atoms with E-state index < -0.39 is 0 Å². The Hall–Kier alpha value is -8.34. The minimum absolute atomic E-state index is 0.0195. The maximum Gasteiger partial charge on any atom is 0.160 e. The first-order chi connectivity index (χ1) is 32.7. The Morgan fingerprint density at radius 3 is 2.06 bits per heavy atom. The molecule has 14 rings (SSSR count). The molecule has 1 aliphatic heterocycles. The number of pyridine rings is 1. The first-order valence-corrected chi connectivity index (χ1v) is 22.9. The summed E-state index contributed by atoms with van der Waals surface area (Å²) >= 11 is 0. The molecule has 2 aromatic heterocycles. The van der Waals surface area contributed by atoms with Crippen LogP contribution in [0.25, 0.3) is 100.0 Å². The third kappa shape index (κ3) is 5.64. The fourth-order valence-electron chi connectivity index (χ4n) is 11.4. The molecule has 3 atom stereocenters. The van der Waals surface area contributed by atoms with Crippen LogP contribution in [0.2, 0.25) is 0 Å². The molecule has 0 saturated heterocycles. The van der Waals surface area contributed by atoms with Crippen LogP contribution in [0.1, 0.15) is 34.1 Å². The first kappa shape index (κ1) is 37.1. The predicted octanol–water partition coefficient (Wildman–Crippen LogP) is 14.9. The minimum Gasteiger partial charge on any atom is -0.292 e. The molecule has 5 aliphatic rings. The van der Waals surface area contributed by atoms with Gasteiger partial charge in [-0.15, -0.1) is 0 Å². The molecular weight excluding hydrogens is 801 g/mol. The minimum atomic E-state index is 0.0195. The van der Waals surface area contributed by atoms with E-state index >= 15 is 0 Å². The van der Waals surface area contributed by atoms with Gasteiger partial charge in [0.05, 0.1) is 11.2 Å². The van der Waals surface area contributed by atoms with Gasteiger partial charge in [-0.05, 0) is 119 Å². The number of nitrogens with zero attached hydrogens (tertiary/aromatic N) is 4. The Kier molecular flexibility index (Phi) is 8.20. The van der Waals surface area contributed by atoms with Crippen molar-refractivity contribution in [1.82, 2.24) is 15.0 Å². The number of benzene rings is 7. The van der Waals surface area contributed by atoms with Crippen LogP contribution < -0.4 is 0 Å². The second-order valence-electron chi connectivity index (χ2n) is 18.0. The third-order valence-electron chi connectivity index (χ3n) is 14.5. The van der Waals surface area contributed by atoms with Crippen molar-refractivity contribution < 1.29 is 0 Å². The van der Waals surface area contributed by atoms with Gasteiger partial charge in [-0.25, -0.2) is 9.97 Å². The lowest BCUT2D eigenvalue weighted by Gasteiger charge is -2.31. The Morgan fingerprint density at radius 2 is 1.26 bits per heavy atom. The van der Waals surface area contributed by atoms with Crippen molar-refractivity contribution in [3.8, 4) is 67.2 Å². The fraction of sp³-hybridized carbons (Fsp3) is 0.0645. The summed E-state index contributed by atoms with van der Waals surface area (Å²) in [6.07, 6.45) is 21.7. The van der Waals surface area contributed by atoms with Crippen molar-refractivity contribution in [2.24, 2.45) is 10.9 Å². The Balaban J connectivity index is 1.02. The third-order valence-corrected chi connectivity index (χ3v) is 14.5. The quantitative estimate of drug-likeness (QED) is 0.168. The van der Waals surface area contributed by atoms with Crippen LogP contribution in [0.5, 0.6) is 0 Å². The van der Waals surface area contributed by atoms with E-state index in [4.69, 9.17) is 9.97 Å². The molecule has 9 aromatic rings. The Labute approximate surface area is 383 Å². The van der Waals surface area contributed by atoms with Crippen LogP contribution >= 0.6 is 0 Å². The summed E-state index contributed by atoms with van der Waals surface area (Å²) in [6, 6.07) is 55.7. The zero-order valence-electron chi connectivity index (χ0n) is 35.9. The first-order valence-electron chi connectivity index (χ1n) is 22.9. The van der Waals surface area contributed by atoms with Crippen LogP contribution in [0.4, 0.5) is 0 Å². The molecular formula is C62H40N4. The monoisotopic (exact) mass is 840 g/mol. The number of hydrogen-bond acceptors (Lipinski definition) is 4. The van der Waals surface area contributed by atoms with Crippen molar-refractivity contribution in [2.45, 2.75) is 11.8 Å². The van der Waals surface area contributed by atoms with Gasteiger partial charge >= 0.3 is 0 Å². The van der Waals surface area contributed by atoms with Gasteiger partial charge in [0.1, 0.15) is 0 Å². The molecule has 4 nitrogen and oxygen atoms in total. The average molecular weight is 841 g/mol. The lowest BCUT2D eigenvalue weighted by atomic mass is 9.72. The summed E-state index contributed by atoms with van der Waals surface area (Å²) in [5, 5.41) is 3.60. The molecule has 308 valence electrons. The van der Waals surface area contributed by atoms with E-state index in [0.717, 1.165) is 51.0 Å². The van der Waals surface area contributed by atoms with E-state index in [0.29, 0.717) is 5.82 Å². The number of allylic oxidation sites excluding steroid dienone is 9. The summed E-state index contributed by atoms with van der Waals surface area (Å²) in [5.74, 6) is 1.11. The zero-order valence-corrected chi connectivity index (χ0v) is 35.9. The maximum absolute atomic E-state index is 5.66. The highest BCUT2D eigenvalue weighted by atomic mass is 14.9. The van der Waals surface area contributed by atoms with Gasteiger partial charge in [0.15, 0.2) is 5.82 Å². The maximum atomic E-state index is 5.66. The van der Waals surface area contributed by atoms with Crippen LogP contribution in [0, 0.1) is 5.92 Å². The van der Waals surface area contributed by atoms with E-state index in [-0.39, 0.29) is 17.8 Å². The summed E-state index contributed by atoms with van der Waals surface area (Å²) in [5.41, 5.74) is 22.8. The predicted molar refractivity (Wildman–Crippen MR) is 272 cm³/mol. The van der Waals surface area contributed by atoms with Gasteiger partial charge in [0.2, 0.25) is 0 Å². The van der Waals surface area contributed by atoms with E-state index in [9.17, 15) is 0 Å². The van der Waals surface area contributed by atoms with Gasteiger partial charge in [-0.3, -0.25) is 9.98 Å². The Morgan fingerprint density at radius 1 is 0.500 bits per heavy atom. The van der Waals surface area contributed by atoms with Crippen molar-refractivity contribution in [1.29, 1.82) is 0 Å². The van der Waals surface area contributed by atoms with Crippen LogP contribution in [-0.2, 0) is 0 Å². The standard InChI is InChI=1S/C62H40N4/c1-3-13-47-45(11-1)51-16-5-15-50-44(27-29-54(47)58(50)51)43-33-56(49-28-30-55-48-14-4-2-12-46(48)52-17-6-18-53(49)59(52)55)61-57(34-43)60(39-23-19-37(20-24-39)41-9-7-31-63-35-41)65-62(66-61)40-25-21-38(22-26-40)42-10-8-32-64-36-42/h1-35,42,49,53H,36H2. The molecule has 0 N–H and O–H groups in total. The molecule has 4 aliphatic carbocycles. The highest BCUT2D eigenvalue weighted by Gasteiger charge is 2.38. The van der Waals surface area contributed by atoms with E-state index in [2.05, 4.69) is 192 Å². The average Bonchev–Trinajstić information content (AvgIpc) is 3.90. The molecule has 0 fully saturated rings. The second kappa shape index (κ2) is 14.6. The van der Waals surface area contributed by atoms with Gasteiger partial charge in [0, 0.05) is 59.4 Å². The number of aromatic nitrogens is 3. The lowest BCUT2D eigenvalue weighted by molar-refractivity contribution is 0.683. The van der Waals surface area contributed by atoms with Crippen molar-refractivity contribution >= 4 is 39.0 Å². The molecule has 0 saturated carbocycles. The van der Waals surface area contributed by atoms with E-state index in [1.807, 2.05) is 30.8 Å². The molecule has 0 bridgehead atoms. The zero-order chi connectivity index (χ0) is 43.3.